The maximum atomic E-state index is 12.2. The van der Waals surface area contributed by atoms with E-state index >= 15 is 0 Å². The Balaban J connectivity index is 2.00. The van der Waals surface area contributed by atoms with E-state index in [0.717, 1.165) is 18.7 Å². The first kappa shape index (κ1) is 21.2. The van der Waals surface area contributed by atoms with Crippen molar-refractivity contribution in [2.75, 3.05) is 20.3 Å². The highest BCUT2D eigenvalue weighted by molar-refractivity contribution is 5.91. The summed E-state index contributed by atoms with van der Waals surface area (Å²) in [4.78, 5) is 14.5. The van der Waals surface area contributed by atoms with E-state index in [1.165, 1.54) is 11.1 Å². The van der Waals surface area contributed by atoms with E-state index in [1.54, 1.807) is 13.2 Å². The Morgan fingerprint density at radius 2 is 1.81 bits per heavy atom. The molecule has 0 bridgehead atoms. The lowest BCUT2D eigenvalue weighted by molar-refractivity contribution is 0.0902. The van der Waals surface area contributed by atoms with Crippen LogP contribution in [-0.2, 0) is 17.8 Å². The van der Waals surface area contributed by atoms with Crippen molar-refractivity contribution in [3.63, 3.8) is 0 Å². The van der Waals surface area contributed by atoms with Crippen molar-refractivity contribution < 1.29 is 13.9 Å². The van der Waals surface area contributed by atoms with E-state index in [-0.39, 0.29) is 11.4 Å². The fourth-order valence-electron chi connectivity index (χ4n) is 2.72. The Morgan fingerprint density at radius 1 is 1.11 bits per heavy atom. The number of aryl methyl sites for hydroxylation is 1. The molecule has 0 atom stereocenters. The third-order valence-corrected chi connectivity index (χ3v) is 4.49. The van der Waals surface area contributed by atoms with Gasteiger partial charge in [0.25, 0.3) is 5.91 Å². The van der Waals surface area contributed by atoms with Crippen LogP contribution in [0.3, 0.4) is 0 Å². The molecule has 1 aromatic heterocycles. The maximum absolute atomic E-state index is 12.2. The van der Waals surface area contributed by atoms with E-state index in [4.69, 9.17) is 9.15 Å². The Morgan fingerprint density at radius 3 is 2.44 bits per heavy atom. The van der Waals surface area contributed by atoms with Gasteiger partial charge in [0.2, 0.25) is 0 Å². The second-order valence-corrected chi connectivity index (χ2v) is 7.88. The number of hydrogen-bond acceptors (Lipinski definition) is 4. The predicted molar refractivity (Wildman–Crippen MR) is 108 cm³/mol. The lowest BCUT2D eigenvalue weighted by Gasteiger charge is -2.35. The molecule has 1 amide bonds. The number of furan rings is 1. The molecule has 0 saturated carbocycles. The minimum Gasteiger partial charge on any atom is -0.455 e. The van der Waals surface area contributed by atoms with Crippen LogP contribution in [0.5, 0.6) is 0 Å². The molecule has 2 aromatic rings. The van der Waals surface area contributed by atoms with Crippen molar-refractivity contribution in [2.45, 2.75) is 52.7 Å². The Hall–Kier alpha value is -2.11. The summed E-state index contributed by atoms with van der Waals surface area (Å²) in [6.07, 6.45) is 0.782. The van der Waals surface area contributed by atoms with E-state index in [1.807, 2.05) is 6.07 Å². The summed E-state index contributed by atoms with van der Waals surface area (Å²) in [5, 5.41) is 2.85. The van der Waals surface area contributed by atoms with Crippen LogP contribution in [0, 0.1) is 6.92 Å². The number of nitrogens with one attached hydrogen (secondary N) is 1. The summed E-state index contributed by atoms with van der Waals surface area (Å²) >= 11 is 0. The van der Waals surface area contributed by atoms with Gasteiger partial charge >= 0.3 is 0 Å². The number of ether oxygens (including phenoxy) is 1. The van der Waals surface area contributed by atoms with Crippen LogP contribution in [-0.4, -0.2) is 36.6 Å². The average Bonchev–Trinajstić information content (AvgIpc) is 3.08. The molecule has 0 fully saturated rings. The lowest BCUT2D eigenvalue weighted by Crippen LogP contribution is -2.40. The molecule has 0 unspecified atom stereocenters. The maximum Gasteiger partial charge on any atom is 0.286 e. The molecular formula is C22H32N2O3. The first-order valence-corrected chi connectivity index (χ1v) is 9.46. The van der Waals surface area contributed by atoms with Crippen LogP contribution in [0.15, 0.2) is 40.8 Å². The van der Waals surface area contributed by atoms with Gasteiger partial charge < -0.3 is 14.5 Å². The van der Waals surface area contributed by atoms with Gasteiger partial charge in [-0.2, -0.15) is 0 Å². The molecule has 0 saturated heterocycles. The SMILES string of the molecule is COCCCNC(=O)c1ccc(CN(Cc2ccc(C)cc2)C(C)(C)C)o1. The largest absolute Gasteiger partial charge is 0.455 e. The molecule has 27 heavy (non-hydrogen) atoms. The van der Waals surface area contributed by atoms with Gasteiger partial charge in [-0.3, -0.25) is 9.69 Å². The standard InChI is InChI=1S/C22H32N2O3/c1-17-7-9-18(10-8-17)15-24(22(2,3)4)16-19-11-12-20(27-19)21(25)23-13-6-14-26-5/h7-12H,6,13-16H2,1-5H3,(H,23,25). The summed E-state index contributed by atoms with van der Waals surface area (Å²) in [6, 6.07) is 12.2. The van der Waals surface area contributed by atoms with Crippen molar-refractivity contribution >= 4 is 5.91 Å². The Kier molecular flexibility index (Phi) is 7.63. The molecule has 5 nitrogen and oxygen atoms in total. The topological polar surface area (TPSA) is 54.7 Å². The number of carbonyl (C=O) groups is 1. The molecule has 0 radical (unpaired) electrons. The summed E-state index contributed by atoms with van der Waals surface area (Å²) in [5.74, 6) is 0.962. The van der Waals surface area contributed by atoms with E-state index in [9.17, 15) is 4.79 Å². The third kappa shape index (κ3) is 6.85. The molecule has 2 rings (SSSR count). The minimum absolute atomic E-state index is 0.0275. The van der Waals surface area contributed by atoms with Gasteiger partial charge in [0.15, 0.2) is 5.76 Å². The first-order chi connectivity index (χ1) is 12.8. The molecule has 148 valence electrons. The predicted octanol–water partition coefficient (Wildman–Crippen LogP) is 4.16. The molecule has 0 spiro atoms. The van der Waals surface area contributed by atoms with Gasteiger partial charge in [0, 0.05) is 32.3 Å². The summed E-state index contributed by atoms with van der Waals surface area (Å²) < 4.78 is 10.8. The first-order valence-electron chi connectivity index (χ1n) is 9.46. The number of rotatable bonds is 9. The molecule has 5 heteroatoms. The molecule has 0 aliphatic rings. The van der Waals surface area contributed by atoms with Gasteiger partial charge in [-0.1, -0.05) is 29.8 Å². The zero-order valence-electron chi connectivity index (χ0n) is 17.2. The van der Waals surface area contributed by atoms with E-state index < -0.39 is 0 Å². The van der Waals surface area contributed by atoms with Crippen molar-refractivity contribution in [2.24, 2.45) is 0 Å². The van der Waals surface area contributed by atoms with Gasteiger partial charge in [0.05, 0.1) is 6.54 Å². The van der Waals surface area contributed by atoms with Gasteiger partial charge in [0.1, 0.15) is 5.76 Å². The van der Waals surface area contributed by atoms with Crippen LogP contribution in [0.25, 0.3) is 0 Å². The van der Waals surface area contributed by atoms with Crippen molar-refractivity contribution in [1.29, 1.82) is 0 Å². The number of nitrogens with zero attached hydrogens (tertiary/aromatic N) is 1. The van der Waals surface area contributed by atoms with Gasteiger partial charge in [-0.05, 0) is 51.8 Å². The average molecular weight is 373 g/mol. The normalized spacial score (nSPS) is 11.8. The highest BCUT2D eigenvalue weighted by Gasteiger charge is 2.23. The summed E-state index contributed by atoms with van der Waals surface area (Å²) in [6.45, 7) is 11.3. The molecular weight excluding hydrogens is 340 g/mol. The fraction of sp³-hybridized carbons (Fsp3) is 0.500. The van der Waals surface area contributed by atoms with E-state index in [0.29, 0.717) is 25.5 Å². The number of methoxy groups -OCH3 is 1. The molecule has 1 heterocycles. The molecule has 0 aliphatic heterocycles. The number of hydrogen-bond donors (Lipinski definition) is 1. The zero-order chi connectivity index (χ0) is 19.9. The monoisotopic (exact) mass is 372 g/mol. The third-order valence-electron chi connectivity index (χ3n) is 4.49. The van der Waals surface area contributed by atoms with Crippen LogP contribution < -0.4 is 5.32 Å². The Labute approximate surface area is 162 Å². The van der Waals surface area contributed by atoms with Gasteiger partial charge in [-0.15, -0.1) is 0 Å². The number of benzene rings is 1. The van der Waals surface area contributed by atoms with Crippen LogP contribution >= 0.6 is 0 Å². The van der Waals surface area contributed by atoms with Crippen LogP contribution in [0.1, 0.15) is 54.6 Å². The quantitative estimate of drug-likeness (QED) is 0.672. The fourth-order valence-corrected chi connectivity index (χ4v) is 2.72. The van der Waals surface area contributed by atoms with Crippen molar-refractivity contribution in [1.82, 2.24) is 10.2 Å². The van der Waals surface area contributed by atoms with Crippen molar-refractivity contribution in [3.8, 4) is 0 Å². The van der Waals surface area contributed by atoms with Crippen LogP contribution in [0.4, 0.5) is 0 Å². The second-order valence-electron chi connectivity index (χ2n) is 7.88. The smallest absolute Gasteiger partial charge is 0.286 e. The summed E-state index contributed by atoms with van der Waals surface area (Å²) in [7, 11) is 1.65. The number of amides is 1. The van der Waals surface area contributed by atoms with E-state index in [2.05, 4.69) is 62.2 Å². The molecule has 1 aromatic carbocycles. The lowest BCUT2D eigenvalue weighted by atomic mass is 10.0. The molecule has 1 N–H and O–H groups in total. The molecule has 0 aliphatic carbocycles. The zero-order valence-corrected chi connectivity index (χ0v) is 17.2. The second kappa shape index (κ2) is 9.72. The van der Waals surface area contributed by atoms with Gasteiger partial charge in [-0.25, -0.2) is 0 Å². The van der Waals surface area contributed by atoms with Crippen molar-refractivity contribution in [3.05, 3.63) is 59.0 Å². The Bertz CT molecular complexity index is 714. The highest BCUT2D eigenvalue weighted by atomic mass is 16.5. The summed E-state index contributed by atoms with van der Waals surface area (Å²) in [5.41, 5.74) is 2.49. The number of carbonyl (C=O) groups excluding carboxylic acids is 1. The minimum atomic E-state index is -0.182. The van der Waals surface area contributed by atoms with Crippen LogP contribution in [0.2, 0.25) is 0 Å². The highest BCUT2D eigenvalue weighted by Crippen LogP contribution is 2.22.